The maximum absolute atomic E-state index is 12.2. The summed E-state index contributed by atoms with van der Waals surface area (Å²) in [5.74, 6) is -0.282. The number of aryl methyl sites for hydroxylation is 1. The fraction of sp³-hybridized carbons (Fsp3) is 0.273. The minimum atomic E-state index is -4.34. The molecule has 0 aliphatic rings. The first-order valence-electron chi connectivity index (χ1n) is 5.76. The highest BCUT2D eigenvalue weighted by atomic mass is 19.4. The van der Waals surface area contributed by atoms with Crippen LogP contribution in [-0.2, 0) is 6.54 Å². The van der Waals surface area contributed by atoms with Crippen molar-refractivity contribution in [3.8, 4) is 0 Å². The molecule has 2 aromatic rings. The third kappa shape index (κ3) is 3.91. The Morgan fingerprint density at radius 1 is 1.38 bits per heavy atom. The molecule has 0 saturated carbocycles. The van der Waals surface area contributed by atoms with Gasteiger partial charge in [-0.05, 0) is 18.6 Å². The molecule has 112 valence electrons. The van der Waals surface area contributed by atoms with E-state index in [-0.39, 0.29) is 17.3 Å². The average Bonchev–Trinajstić information content (AvgIpc) is 2.73. The minimum absolute atomic E-state index is 0.0307. The van der Waals surface area contributed by atoms with Gasteiger partial charge in [0.05, 0.1) is 0 Å². The molecule has 7 nitrogen and oxygen atoms in total. The summed E-state index contributed by atoms with van der Waals surface area (Å²) in [6.45, 7) is 0.433. The zero-order valence-corrected chi connectivity index (χ0v) is 10.8. The van der Waals surface area contributed by atoms with E-state index in [4.69, 9.17) is 5.73 Å². The van der Waals surface area contributed by atoms with E-state index in [2.05, 4.69) is 20.6 Å². The number of carbonyl (C=O) groups is 1. The SMILES string of the molecule is Cc1cc(Nc2ccn(CC(F)(F)F)n2)nnc1C(N)=O. The van der Waals surface area contributed by atoms with Crippen LogP contribution in [-0.4, -0.2) is 32.1 Å². The van der Waals surface area contributed by atoms with Crippen molar-refractivity contribution >= 4 is 17.5 Å². The average molecular weight is 300 g/mol. The number of carbonyl (C=O) groups excluding carboxylic acids is 1. The van der Waals surface area contributed by atoms with Gasteiger partial charge in [0.15, 0.2) is 17.3 Å². The first-order valence-corrected chi connectivity index (χ1v) is 5.76. The van der Waals surface area contributed by atoms with Gasteiger partial charge in [-0.2, -0.15) is 18.3 Å². The van der Waals surface area contributed by atoms with Gasteiger partial charge in [0, 0.05) is 12.3 Å². The number of aromatic nitrogens is 4. The van der Waals surface area contributed by atoms with Crippen molar-refractivity contribution in [1.82, 2.24) is 20.0 Å². The van der Waals surface area contributed by atoms with Crippen LogP contribution < -0.4 is 11.1 Å². The molecular formula is C11H11F3N6O. The molecule has 0 atom stereocenters. The number of hydrogen-bond acceptors (Lipinski definition) is 5. The Kier molecular flexibility index (Phi) is 3.78. The van der Waals surface area contributed by atoms with Gasteiger partial charge in [0.25, 0.3) is 5.91 Å². The maximum atomic E-state index is 12.2. The van der Waals surface area contributed by atoms with Gasteiger partial charge in [-0.1, -0.05) is 0 Å². The number of rotatable bonds is 4. The van der Waals surface area contributed by atoms with E-state index < -0.39 is 18.6 Å². The standard InChI is InChI=1S/C11H11F3N6O/c1-6-4-8(17-18-9(6)10(15)21)16-7-2-3-20(19-7)5-11(12,13)14/h2-4H,5H2,1H3,(H2,15,21)(H,16,17,19). The predicted molar refractivity (Wildman–Crippen MR) is 66.9 cm³/mol. The van der Waals surface area contributed by atoms with E-state index in [0.717, 1.165) is 4.68 Å². The summed E-state index contributed by atoms with van der Waals surface area (Å²) < 4.78 is 37.4. The third-order valence-corrected chi connectivity index (χ3v) is 2.46. The van der Waals surface area contributed by atoms with Crippen molar-refractivity contribution in [3.63, 3.8) is 0 Å². The number of nitrogens with zero attached hydrogens (tertiary/aromatic N) is 4. The number of alkyl halides is 3. The van der Waals surface area contributed by atoms with E-state index in [1.54, 1.807) is 6.92 Å². The smallest absolute Gasteiger partial charge is 0.364 e. The van der Waals surface area contributed by atoms with Gasteiger partial charge in [-0.15, -0.1) is 10.2 Å². The Labute approximate surface area is 117 Å². The lowest BCUT2D eigenvalue weighted by Gasteiger charge is -2.06. The Bertz CT molecular complexity index is 666. The number of nitrogens with one attached hydrogen (secondary N) is 1. The molecule has 2 heterocycles. The lowest BCUT2D eigenvalue weighted by molar-refractivity contribution is -0.142. The second-order valence-corrected chi connectivity index (χ2v) is 4.26. The van der Waals surface area contributed by atoms with E-state index in [1.165, 1.54) is 18.3 Å². The van der Waals surface area contributed by atoms with E-state index >= 15 is 0 Å². The summed E-state index contributed by atoms with van der Waals surface area (Å²) in [7, 11) is 0. The van der Waals surface area contributed by atoms with Crippen molar-refractivity contribution in [1.29, 1.82) is 0 Å². The Balaban J connectivity index is 2.12. The zero-order chi connectivity index (χ0) is 15.6. The Morgan fingerprint density at radius 2 is 2.10 bits per heavy atom. The topological polar surface area (TPSA) is 98.7 Å². The highest BCUT2D eigenvalue weighted by Crippen LogP contribution is 2.19. The number of anilines is 2. The van der Waals surface area contributed by atoms with E-state index in [9.17, 15) is 18.0 Å². The summed E-state index contributed by atoms with van der Waals surface area (Å²) in [5, 5.41) is 13.7. The molecular weight excluding hydrogens is 289 g/mol. The highest BCUT2D eigenvalue weighted by Gasteiger charge is 2.28. The number of nitrogens with two attached hydrogens (primary N) is 1. The van der Waals surface area contributed by atoms with Crippen LogP contribution in [0.4, 0.5) is 24.8 Å². The summed E-state index contributed by atoms with van der Waals surface area (Å²) in [6, 6.07) is 2.86. The van der Waals surface area contributed by atoms with Crippen LogP contribution in [0.3, 0.4) is 0 Å². The molecule has 2 aromatic heterocycles. The minimum Gasteiger partial charge on any atom is -0.364 e. The Morgan fingerprint density at radius 3 is 2.67 bits per heavy atom. The molecule has 2 rings (SSSR count). The van der Waals surface area contributed by atoms with E-state index in [0.29, 0.717) is 5.56 Å². The molecule has 10 heteroatoms. The highest BCUT2D eigenvalue weighted by molar-refractivity contribution is 5.92. The largest absolute Gasteiger partial charge is 0.408 e. The molecule has 3 N–H and O–H groups in total. The Hall–Kier alpha value is -2.65. The predicted octanol–water partition coefficient (Wildman–Crippen LogP) is 1.39. The molecule has 0 bridgehead atoms. The van der Waals surface area contributed by atoms with Gasteiger partial charge in [0.1, 0.15) is 6.54 Å². The molecule has 0 aliphatic carbocycles. The second kappa shape index (κ2) is 5.38. The van der Waals surface area contributed by atoms with Crippen LogP contribution >= 0.6 is 0 Å². The molecule has 0 aromatic carbocycles. The van der Waals surface area contributed by atoms with Gasteiger partial charge < -0.3 is 11.1 Å². The monoisotopic (exact) mass is 300 g/mol. The summed E-state index contributed by atoms with van der Waals surface area (Å²) in [4.78, 5) is 11.0. The molecule has 0 fully saturated rings. The molecule has 21 heavy (non-hydrogen) atoms. The van der Waals surface area contributed by atoms with Crippen LogP contribution in [0.1, 0.15) is 16.1 Å². The number of amides is 1. The molecule has 0 aliphatic heterocycles. The van der Waals surface area contributed by atoms with Crippen molar-refractivity contribution in [2.24, 2.45) is 5.73 Å². The van der Waals surface area contributed by atoms with Crippen molar-refractivity contribution in [2.75, 3.05) is 5.32 Å². The van der Waals surface area contributed by atoms with Crippen LogP contribution in [0.2, 0.25) is 0 Å². The van der Waals surface area contributed by atoms with Crippen LogP contribution in [0, 0.1) is 6.92 Å². The first kappa shape index (κ1) is 14.8. The maximum Gasteiger partial charge on any atom is 0.408 e. The summed E-state index contributed by atoms with van der Waals surface area (Å²) in [6.07, 6.45) is -3.16. The first-order chi connectivity index (χ1) is 9.74. The quantitative estimate of drug-likeness (QED) is 0.889. The van der Waals surface area contributed by atoms with Gasteiger partial charge in [-0.25, -0.2) is 0 Å². The molecule has 0 saturated heterocycles. The van der Waals surface area contributed by atoms with Crippen LogP contribution in [0.5, 0.6) is 0 Å². The van der Waals surface area contributed by atoms with E-state index in [1.807, 2.05) is 0 Å². The van der Waals surface area contributed by atoms with Crippen LogP contribution in [0.25, 0.3) is 0 Å². The number of halogens is 3. The van der Waals surface area contributed by atoms with Gasteiger partial charge in [-0.3, -0.25) is 9.48 Å². The normalized spacial score (nSPS) is 11.4. The second-order valence-electron chi connectivity index (χ2n) is 4.26. The van der Waals surface area contributed by atoms with Gasteiger partial charge >= 0.3 is 6.18 Å². The molecule has 0 unspecified atom stereocenters. The summed E-state index contributed by atoms with van der Waals surface area (Å²) >= 11 is 0. The van der Waals surface area contributed by atoms with Crippen molar-refractivity contribution in [3.05, 3.63) is 29.6 Å². The lowest BCUT2D eigenvalue weighted by Crippen LogP contribution is -2.18. The number of hydrogen-bond donors (Lipinski definition) is 2. The van der Waals surface area contributed by atoms with Crippen molar-refractivity contribution < 1.29 is 18.0 Å². The van der Waals surface area contributed by atoms with Crippen LogP contribution in [0.15, 0.2) is 18.3 Å². The fourth-order valence-electron chi connectivity index (χ4n) is 1.62. The van der Waals surface area contributed by atoms with Crippen molar-refractivity contribution in [2.45, 2.75) is 19.6 Å². The molecule has 0 radical (unpaired) electrons. The summed E-state index contributed by atoms with van der Waals surface area (Å²) in [5.41, 5.74) is 5.62. The van der Waals surface area contributed by atoms with Gasteiger partial charge in [0.2, 0.25) is 0 Å². The molecule has 0 spiro atoms. The zero-order valence-electron chi connectivity index (χ0n) is 10.8. The molecule has 1 amide bonds. The fourth-order valence-corrected chi connectivity index (χ4v) is 1.62. The number of primary amides is 1. The third-order valence-electron chi connectivity index (χ3n) is 2.46. The lowest BCUT2D eigenvalue weighted by atomic mass is 10.2.